The van der Waals surface area contributed by atoms with Gasteiger partial charge < -0.3 is 14.2 Å². The molecule has 0 amide bonds. The summed E-state index contributed by atoms with van der Waals surface area (Å²) in [7, 11) is 0. The summed E-state index contributed by atoms with van der Waals surface area (Å²) in [6.07, 6.45) is 15.7. The molecule has 0 bridgehead atoms. The fourth-order valence-electron chi connectivity index (χ4n) is 3.84. The van der Waals surface area contributed by atoms with Crippen molar-refractivity contribution in [3.8, 4) is 0 Å². The van der Waals surface area contributed by atoms with Gasteiger partial charge in [0, 0.05) is 0 Å². The second-order valence-corrected chi connectivity index (χ2v) is 9.45. The predicted molar refractivity (Wildman–Crippen MR) is 144 cm³/mol. The van der Waals surface area contributed by atoms with E-state index in [9.17, 15) is 14.4 Å². The Kier molecular flexibility index (Phi) is 18.3. The Morgan fingerprint density at radius 2 is 0.694 bits per heavy atom. The van der Waals surface area contributed by atoms with Crippen LogP contribution in [0.5, 0.6) is 0 Å². The van der Waals surface area contributed by atoms with Crippen LogP contribution in [0.1, 0.15) is 148 Å². The summed E-state index contributed by atoms with van der Waals surface area (Å²) in [4.78, 5) is 38.0. The van der Waals surface area contributed by atoms with E-state index < -0.39 is 17.9 Å². The molecule has 0 spiro atoms. The van der Waals surface area contributed by atoms with E-state index in [1.54, 1.807) is 0 Å². The van der Waals surface area contributed by atoms with Gasteiger partial charge in [0.2, 0.25) is 0 Å². The summed E-state index contributed by atoms with van der Waals surface area (Å²) in [6.45, 7) is 7.39. The first kappa shape index (κ1) is 31.7. The first-order chi connectivity index (χ1) is 17.5. The summed E-state index contributed by atoms with van der Waals surface area (Å²) in [6, 6.07) is 4.33. The fourth-order valence-corrected chi connectivity index (χ4v) is 3.84. The van der Waals surface area contributed by atoms with Crippen molar-refractivity contribution >= 4 is 17.9 Å². The molecule has 204 valence electrons. The third-order valence-electron chi connectivity index (χ3n) is 6.08. The largest absolute Gasteiger partial charge is 0.462 e. The molecule has 0 unspecified atom stereocenters. The van der Waals surface area contributed by atoms with Crippen molar-refractivity contribution in [3.05, 3.63) is 34.9 Å². The zero-order valence-corrected chi connectivity index (χ0v) is 22.9. The van der Waals surface area contributed by atoms with E-state index >= 15 is 0 Å². The number of hydrogen-bond donors (Lipinski definition) is 0. The molecule has 0 N–H and O–H groups in total. The maximum Gasteiger partial charge on any atom is 0.338 e. The van der Waals surface area contributed by atoms with Gasteiger partial charge in [0.25, 0.3) is 0 Å². The van der Waals surface area contributed by atoms with E-state index in [0.717, 1.165) is 77.0 Å². The van der Waals surface area contributed by atoms with Crippen LogP contribution in [0.15, 0.2) is 18.2 Å². The zero-order valence-electron chi connectivity index (χ0n) is 22.9. The van der Waals surface area contributed by atoms with Gasteiger partial charge in [-0.15, -0.1) is 0 Å². The normalized spacial score (nSPS) is 10.8. The minimum absolute atomic E-state index is 0.163. The minimum Gasteiger partial charge on any atom is -0.462 e. The van der Waals surface area contributed by atoms with E-state index in [1.165, 1.54) is 37.5 Å². The van der Waals surface area contributed by atoms with Gasteiger partial charge in [0.1, 0.15) is 0 Å². The molecule has 0 fully saturated rings. The summed E-state index contributed by atoms with van der Waals surface area (Å²) in [5.74, 6) is -1.64. The molecule has 0 heterocycles. The second kappa shape index (κ2) is 20.8. The molecule has 0 atom stereocenters. The van der Waals surface area contributed by atoms with Crippen molar-refractivity contribution < 1.29 is 28.6 Å². The highest BCUT2D eigenvalue weighted by molar-refractivity contribution is 6.00. The Morgan fingerprint density at radius 3 is 0.944 bits per heavy atom. The molecule has 0 saturated carbocycles. The summed E-state index contributed by atoms with van der Waals surface area (Å²) in [5, 5.41) is 0. The summed E-state index contributed by atoms with van der Waals surface area (Å²) >= 11 is 0. The molecule has 0 aliphatic carbocycles. The minimum atomic E-state index is -0.548. The van der Waals surface area contributed by atoms with Crippen LogP contribution in [-0.2, 0) is 14.2 Å². The monoisotopic (exact) mass is 504 g/mol. The Labute approximate surface area is 218 Å². The first-order valence-corrected chi connectivity index (χ1v) is 14.2. The molecule has 36 heavy (non-hydrogen) atoms. The maximum absolute atomic E-state index is 12.7. The number of rotatable bonds is 21. The molecular weight excluding hydrogens is 456 g/mol. The Bertz CT molecular complexity index is 646. The molecule has 6 heteroatoms. The molecule has 1 rings (SSSR count). The van der Waals surface area contributed by atoms with Crippen molar-refractivity contribution in [2.75, 3.05) is 19.8 Å². The lowest BCUT2D eigenvalue weighted by atomic mass is 10.1. The number of benzene rings is 1. The number of carbonyl (C=O) groups excluding carboxylic acids is 3. The molecule has 0 aliphatic heterocycles. The van der Waals surface area contributed by atoms with Crippen LogP contribution < -0.4 is 0 Å². The third kappa shape index (κ3) is 14.3. The van der Waals surface area contributed by atoms with Crippen molar-refractivity contribution in [3.63, 3.8) is 0 Å². The summed E-state index contributed by atoms with van der Waals surface area (Å²) in [5.41, 5.74) is 0.488. The van der Waals surface area contributed by atoms with E-state index in [1.807, 2.05) is 0 Å². The number of ether oxygens (including phenoxy) is 3. The van der Waals surface area contributed by atoms with Crippen molar-refractivity contribution in [1.29, 1.82) is 0 Å². The van der Waals surface area contributed by atoms with Gasteiger partial charge in [-0.25, -0.2) is 14.4 Å². The average molecular weight is 505 g/mol. The van der Waals surface area contributed by atoms with Gasteiger partial charge in [-0.05, 0) is 37.5 Å². The Morgan fingerprint density at radius 1 is 0.444 bits per heavy atom. The van der Waals surface area contributed by atoms with E-state index in [-0.39, 0.29) is 16.7 Å². The number of esters is 3. The van der Waals surface area contributed by atoms with Gasteiger partial charge in [-0.2, -0.15) is 0 Å². The molecule has 1 aromatic rings. The van der Waals surface area contributed by atoms with Gasteiger partial charge in [-0.1, -0.05) is 97.8 Å². The predicted octanol–water partition coefficient (Wildman–Crippen LogP) is 8.07. The van der Waals surface area contributed by atoms with Crippen LogP contribution in [0, 0.1) is 0 Å². The van der Waals surface area contributed by atoms with E-state index in [4.69, 9.17) is 14.2 Å². The van der Waals surface area contributed by atoms with Crippen LogP contribution in [-0.4, -0.2) is 37.7 Å². The smallest absolute Gasteiger partial charge is 0.338 e. The molecule has 1 aromatic carbocycles. The van der Waals surface area contributed by atoms with Gasteiger partial charge in [0.05, 0.1) is 36.5 Å². The number of unbranched alkanes of at least 4 members (excludes halogenated alkanes) is 12. The van der Waals surface area contributed by atoms with Gasteiger partial charge >= 0.3 is 17.9 Å². The van der Waals surface area contributed by atoms with Crippen LogP contribution in [0.2, 0.25) is 0 Å². The van der Waals surface area contributed by atoms with Crippen LogP contribution in [0.4, 0.5) is 0 Å². The lowest BCUT2D eigenvalue weighted by Gasteiger charge is -2.11. The lowest BCUT2D eigenvalue weighted by Crippen LogP contribution is -2.14. The number of hydrogen-bond acceptors (Lipinski definition) is 6. The number of carbonyl (C=O) groups is 3. The molecule has 0 aliphatic rings. The molecule has 0 aromatic heterocycles. The van der Waals surface area contributed by atoms with Crippen molar-refractivity contribution in [1.82, 2.24) is 0 Å². The van der Waals surface area contributed by atoms with Crippen LogP contribution in [0.3, 0.4) is 0 Å². The topological polar surface area (TPSA) is 78.9 Å². The summed E-state index contributed by atoms with van der Waals surface area (Å²) < 4.78 is 16.2. The standard InChI is InChI=1S/C30H48O6/c1-4-7-10-13-16-19-34-28(31)25-22-26(29(32)35-20-17-14-11-8-5-2)24-27(23-25)30(33)36-21-18-15-12-9-6-3/h22-24H,4-21H2,1-3H3. The van der Waals surface area contributed by atoms with Crippen LogP contribution >= 0.6 is 0 Å². The van der Waals surface area contributed by atoms with Gasteiger partial charge in [0.15, 0.2) is 0 Å². The SMILES string of the molecule is CCCCCCCOC(=O)c1cc(C(=O)OCCCCCCC)cc(C(=O)OCCCCCCC)c1. The van der Waals surface area contributed by atoms with Crippen molar-refractivity contribution in [2.45, 2.75) is 117 Å². The quantitative estimate of drug-likeness (QED) is 0.0956. The van der Waals surface area contributed by atoms with E-state index in [2.05, 4.69) is 20.8 Å². The Hall–Kier alpha value is -2.37. The van der Waals surface area contributed by atoms with E-state index in [0.29, 0.717) is 19.8 Å². The second-order valence-electron chi connectivity index (χ2n) is 9.45. The fraction of sp³-hybridized carbons (Fsp3) is 0.700. The maximum atomic E-state index is 12.7. The molecular formula is C30H48O6. The highest BCUT2D eigenvalue weighted by atomic mass is 16.5. The van der Waals surface area contributed by atoms with Gasteiger partial charge in [-0.3, -0.25) is 0 Å². The Balaban J connectivity index is 2.78. The lowest BCUT2D eigenvalue weighted by molar-refractivity contribution is 0.0494. The average Bonchev–Trinajstić information content (AvgIpc) is 2.89. The highest BCUT2D eigenvalue weighted by Gasteiger charge is 2.19. The first-order valence-electron chi connectivity index (χ1n) is 14.2. The third-order valence-corrected chi connectivity index (χ3v) is 6.08. The molecule has 0 saturated heterocycles. The van der Waals surface area contributed by atoms with Crippen molar-refractivity contribution in [2.24, 2.45) is 0 Å². The molecule has 6 nitrogen and oxygen atoms in total. The molecule has 0 radical (unpaired) electrons. The highest BCUT2D eigenvalue weighted by Crippen LogP contribution is 2.16. The zero-order chi connectivity index (χ0) is 26.4. The van der Waals surface area contributed by atoms with Crippen LogP contribution in [0.25, 0.3) is 0 Å².